The molecule has 8 nitrogen and oxygen atoms in total. The zero-order valence-corrected chi connectivity index (χ0v) is 15.8. The van der Waals surface area contributed by atoms with Crippen molar-refractivity contribution in [3.63, 3.8) is 0 Å². The number of ether oxygens (including phenoxy) is 2. The van der Waals surface area contributed by atoms with Gasteiger partial charge in [0.15, 0.2) is 6.10 Å². The number of anilines is 1. The molecule has 0 aliphatic carbocycles. The minimum absolute atomic E-state index is 0.115. The van der Waals surface area contributed by atoms with Crippen LogP contribution < -0.4 is 10.1 Å². The predicted octanol–water partition coefficient (Wildman–Crippen LogP) is 3.84. The van der Waals surface area contributed by atoms with Crippen LogP contribution in [0.4, 0.5) is 11.4 Å². The van der Waals surface area contributed by atoms with E-state index in [9.17, 15) is 19.7 Å². The van der Waals surface area contributed by atoms with Crippen molar-refractivity contribution >= 4 is 40.9 Å². The van der Waals surface area contributed by atoms with E-state index in [1.54, 1.807) is 24.3 Å². The molecule has 0 bridgehead atoms. The predicted molar refractivity (Wildman–Crippen MR) is 104 cm³/mol. The molecule has 1 amide bonds. The van der Waals surface area contributed by atoms with Gasteiger partial charge in [-0.2, -0.15) is 0 Å². The van der Waals surface area contributed by atoms with Crippen molar-refractivity contribution in [1.29, 1.82) is 0 Å². The van der Waals surface area contributed by atoms with E-state index in [0.717, 1.165) is 5.56 Å². The first-order valence-corrected chi connectivity index (χ1v) is 8.45. The highest BCUT2D eigenvalue weighted by molar-refractivity contribution is 6.30. The van der Waals surface area contributed by atoms with Gasteiger partial charge in [-0.1, -0.05) is 23.7 Å². The second kappa shape index (κ2) is 9.52. The molecule has 146 valence electrons. The van der Waals surface area contributed by atoms with Gasteiger partial charge in [0.25, 0.3) is 11.6 Å². The Bertz CT molecular complexity index is 911. The Morgan fingerprint density at radius 1 is 1.21 bits per heavy atom. The Labute approximate surface area is 165 Å². The van der Waals surface area contributed by atoms with Crippen LogP contribution in [0.2, 0.25) is 5.02 Å². The Morgan fingerprint density at radius 3 is 2.50 bits per heavy atom. The molecule has 0 aromatic heterocycles. The van der Waals surface area contributed by atoms with E-state index in [1.165, 1.54) is 44.4 Å². The number of methoxy groups -OCH3 is 1. The van der Waals surface area contributed by atoms with E-state index in [0.29, 0.717) is 5.02 Å². The summed E-state index contributed by atoms with van der Waals surface area (Å²) in [6.07, 6.45) is 1.63. The summed E-state index contributed by atoms with van der Waals surface area (Å²) in [5, 5.41) is 13.9. The molecule has 9 heteroatoms. The highest BCUT2D eigenvalue weighted by Crippen LogP contribution is 2.29. The molecular weight excluding hydrogens is 388 g/mol. The molecule has 2 rings (SSSR count). The molecule has 0 spiro atoms. The number of nitro benzene ring substituents is 1. The number of hydrogen-bond acceptors (Lipinski definition) is 6. The SMILES string of the molecule is COc1cc([N+](=O)[O-])ccc1NC(=O)[C@H](C)OC(=O)/C=C/c1ccc(Cl)cc1. The maximum absolute atomic E-state index is 12.2. The Kier molecular flexibility index (Phi) is 7.11. The first-order valence-electron chi connectivity index (χ1n) is 8.07. The maximum Gasteiger partial charge on any atom is 0.331 e. The van der Waals surface area contributed by atoms with Crippen LogP contribution in [0.15, 0.2) is 48.5 Å². The van der Waals surface area contributed by atoms with Gasteiger partial charge in [-0.25, -0.2) is 4.79 Å². The van der Waals surface area contributed by atoms with Crippen LogP contribution in [-0.4, -0.2) is 30.0 Å². The van der Waals surface area contributed by atoms with Gasteiger partial charge >= 0.3 is 5.97 Å². The van der Waals surface area contributed by atoms with Gasteiger partial charge in [0.2, 0.25) is 0 Å². The highest BCUT2D eigenvalue weighted by Gasteiger charge is 2.19. The van der Waals surface area contributed by atoms with Crippen LogP contribution >= 0.6 is 11.6 Å². The molecule has 0 fully saturated rings. The number of benzene rings is 2. The van der Waals surface area contributed by atoms with Crippen molar-refractivity contribution in [2.24, 2.45) is 0 Å². The zero-order valence-electron chi connectivity index (χ0n) is 15.0. The van der Waals surface area contributed by atoms with Gasteiger partial charge in [0, 0.05) is 17.2 Å². The molecule has 0 aliphatic rings. The molecule has 1 N–H and O–H groups in total. The minimum Gasteiger partial charge on any atom is -0.494 e. The number of carbonyl (C=O) groups excluding carboxylic acids is 2. The Balaban J connectivity index is 1.97. The van der Waals surface area contributed by atoms with Gasteiger partial charge in [-0.15, -0.1) is 0 Å². The summed E-state index contributed by atoms with van der Waals surface area (Å²) in [4.78, 5) is 34.3. The number of nitro groups is 1. The second-order valence-corrected chi connectivity index (χ2v) is 6.03. The number of amides is 1. The number of nitrogens with zero attached hydrogens (tertiary/aromatic N) is 1. The molecular formula is C19H17ClN2O6. The number of non-ortho nitro benzene ring substituents is 1. The van der Waals surface area contributed by atoms with Crippen molar-refractivity contribution in [1.82, 2.24) is 0 Å². The highest BCUT2D eigenvalue weighted by atomic mass is 35.5. The molecule has 0 aliphatic heterocycles. The Morgan fingerprint density at radius 2 is 1.89 bits per heavy atom. The molecule has 0 unspecified atom stereocenters. The normalized spacial score (nSPS) is 11.7. The van der Waals surface area contributed by atoms with E-state index < -0.39 is 22.9 Å². The maximum atomic E-state index is 12.2. The summed E-state index contributed by atoms with van der Waals surface area (Å²) < 4.78 is 10.1. The number of rotatable bonds is 7. The van der Waals surface area contributed by atoms with Gasteiger partial charge in [0.1, 0.15) is 5.75 Å². The quantitative estimate of drug-likeness (QED) is 0.325. The number of esters is 1. The van der Waals surface area contributed by atoms with Crippen LogP contribution in [0.25, 0.3) is 6.08 Å². The molecule has 2 aromatic carbocycles. The van der Waals surface area contributed by atoms with Crippen molar-refractivity contribution in [2.75, 3.05) is 12.4 Å². The van der Waals surface area contributed by atoms with E-state index in [4.69, 9.17) is 21.1 Å². The molecule has 0 saturated heterocycles. The first-order chi connectivity index (χ1) is 13.3. The summed E-state index contributed by atoms with van der Waals surface area (Å²) in [5.41, 5.74) is 0.786. The van der Waals surface area contributed by atoms with E-state index >= 15 is 0 Å². The number of hydrogen-bond donors (Lipinski definition) is 1. The van der Waals surface area contributed by atoms with Crippen molar-refractivity contribution < 1.29 is 24.0 Å². The van der Waals surface area contributed by atoms with Crippen LogP contribution in [0, 0.1) is 10.1 Å². The summed E-state index contributed by atoms with van der Waals surface area (Å²) in [5.74, 6) is -1.20. The molecule has 28 heavy (non-hydrogen) atoms. The Hall–Kier alpha value is -3.39. The molecule has 0 radical (unpaired) electrons. The van der Waals surface area contributed by atoms with Crippen LogP contribution in [0.1, 0.15) is 12.5 Å². The summed E-state index contributed by atoms with van der Waals surface area (Å²) in [7, 11) is 1.32. The van der Waals surface area contributed by atoms with Crippen LogP contribution in [0.3, 0.4) is 0 Å². The number of carbonyl (C=O) groups is 2. The summed E-state index contributed by atoms with van der Waals surface area (Å²) >= 11 is 5.79. The average Bonchev–Trinajstić information content (AvgIpc) is 2.67. The van der Waals surface area contributed by atoms with Gasteiger partial charge in [0.05, 0.1) is 23.8 Å². The van der Waals surface area contributed by atoms with Crippen LogP contribution in [-0.2, 0) is 14.3 Å². The van der Waals surface area contributed by atoms with Crippen molar-refractivity contribution in [3.05, 3.63) is 69.2 Å². The average molecular weight is 405 g/mol. The third kappa shape index (κ3) is 5.82. The fraction of sp³-hybridized carbons (Fsp3) is 0.158. The minimum atomic E-state index is -1.10. The monoisotopic (exact) mass is 404 g/mol. The first kappa shape index (κ1) is 20.9. The molecule has 0 saturated carbocycles. The summed E-state index contributed by atoms with van der Waals surface area (Å²) in [6, 6.07) is 10.6. The number of nitrogens with one attached hydrogen (secondary N) is 1. The third-order valence-corrected chi connectivity index (χ3v) is 3.85. The lowest BCUT2D eigenvalue weighted by Crippen LogP contribution is -2.29. The smallest absolute Gasteiger partial charge is 0.331 e. The zero-order chi connectivity index (χ0) is 20.7. The fourth-order valence-corrected chi connectivity index (χ4v) is 2.26. The third-order valence-electron chi connectivity index (χ3n) is 3.60. The van der Waals surface area contributed by atoms with Gasteiger partial charge in [-0.05, 0) is 36.8 Å². The van der Waals surface area contributed by atoms with E-state index in [2.05, 4.69) is 5.32 Å². The lowest BCUT2D eigenvalue weighted by atomic mass is 10.2. The fourth-order valence-electron chi connectivity index (χ4n) is 2.14. The number of halogens is 1. The van der Waals surface area contributed by atoms with Crippen LogP contribution in [0.5, 0.6) is 5.75 Å². The van der Waals surface area contributed by atoms with Gasteiger partial charge < -0.3 is 14.8 Å². The standard InChI is InChI=1S/C19H17ClN2O6/c1-12(28-18(23)10-5-13-3-6-14(20)7-4-13)19(24)21-16-9-8-15(22(25)26)11-17(16)27-2/h3-12H,1-2H3,(H,21,24)/b10-5+/t12-/m0/s1. The van der Waals surface area contributed by atoms with Crippen molar-refractivity contribution in [3.8, 4) is 5.75 Å². The largest absolute Gasteiger partial charge is 0.494 e. The van der Waals surface area contributed by atoms with Gasteiger partial charge in [-0.3, -0.25) is 14.9 Å². The molecule has 1 atom stereocenters. The summed E-state index contributed by atoms with van der Waals surface area (Å²) in [6.45, 7) is 1.40. The van der Waals surface area contributed by atoms with E-state index in [-0.39, 0.29) is 17.1 Å². The molecule has 2 aromatic rings. The van der Waals surface area contributed by atoms with Crippen molar-refractivity contribution in [2.45, 2.75) is 13.0 Å². The lowest BCUT2D eigenvalue weighted by Gasteiger charge is -2.14. The second-order valence-electron chi connectivity index (χ2n) is 5.59. The van der Waals surface area contributed by atoms with E-state index in [1.807, 2.05) is 0 Å². The molecule has 0 heterocycles. The lowest BCUT2D eigenvalue weighted by molar-refractivity contribution is -0.384. The topological polar surface area (TPSA) is 108 Å².